The molecule has 3 heterocycles. The second-order valence-electron chi connectivity index (χ2n) is 27.2. The van der Waals surface area contributed by atoms with Gasteiger partial charge >= 0.3 is 18.1 Å². The number of nitrogens with zero attached hydrogens (tertiary/aromatic N) is 3. The summed E-state index contributed by atoms with van der Waals surface area (Å²) in [5.41, 5.74) is 2.85. The highest BCUT2D eigenvalue weighted by Gasteiger charge is 2.40. The van der Waals surface area contributed by atoms with E-state index >= 15 is 17.6 Å². The van der Waals surface area contributed by atoms with E-state index in [1.54, 1.807) is 102 Å². The van der Waals surface area contributed by atoms with Crippen molar-refractivity contribution >= 4 is 131 Å². The first-order chi connectivity index (χ1) is 52.4. The molecular formula is C79H76Cl2F8N9O10P3. The summed E-state index contributed by atoms with van der Waals surface area (Å²) < 4.78 is 162. The van der Waals surface area contributed by atoms with E-state index in [-0.39, 0.29) is 128 Å². The van der Waals surface area contributed by atoms with Crippen molar-refractivity contribution in [3.63, 3.8) is 0 Å². The van der Waals surface area contributed by atoms with E-state index in [2.05, 4.69) is 31.9 Å². The van der Waals surface area contributed by atoms with Crippen LogP contribution in [0.15, 0.2) is 158 Å². The number of hydrogen-bond donors (Lipinski definition) is 6. The van der Waals surface area contributed by atoms with E-state index in [1.807, 2.05) is 0 Å². The Kier molecular flexibility index (Phi) is 26.0. The summed E-state index contributed by atoms with van der Waals surface area (Å²) in [5.74, 6) is -8.27. The van der Waals surface area contributed by atoms with E-state index in [4.69, 9.17) is 27.7 Å². The molecular weight excluding hydrogens is 1550 g/mol. The van der Waals surface area contributed by atoms with Crippen LogP contribution in [0, 0.1) is 67.3 Å². The molecule has 111 heavy (non-hydrogen) atoms. The zero-order valence-corrected chi connectivity index (χ0v) is 65.4. The number of carbonyl (C=O) groups is 6. The summed E-state index contributed by atoms with van der Waals surface area (Å²) in [5, 5.41) is 14.7. The molecule has 3 saturated heterocycles. The van der Waals surface area contributed by atoms with Crippen LogP contribution in [-0.2, 0) is 32.6 Å². The molecule has 32 heteroatoms. The predicted molar refractivity (Wildman–Crippen MR) is 421 cm³/mol. The molecule has 9 aromatic rings. The van der Waals surface area contributed by atoms with Gasteiger partial charge in [-0.3, -0.25) is 18.9 Å². The minimum Gasteiger partial charge on any atom is -0.326 e. The van der Waals surface area contributed by atoms with Gasteiger partial charge < -0.3 is 60.3 Å². The third-order valence-corrected chi connectivity index (χ3v) is 24.1. The Bertz CT molecular complexity index is 5350. The molecule has 4 atom stereocenters. The highest BCUT2D eigenvalue weighted by Crippen LogP contribution is 2.47. The lowest BCUT2D eigenvalue weighted by atomic mass is 10.0. The van der Waals surface area contributed by atoms with Crippen molar-refractivity contribution in [2.45, 2.75) is 65.1 Å². The Labute approximate surface area is 645 Å². The van der Waals surface area contributed by atoms with Gasteiger partial charge in [0.2, 0.25) is 25.1 Å². The molecule has 3 aliphatic heterocycles. The third-order valence-electron chi connectivity index (χ3n) is 18.3. The van der Waals surface area contributed by atoms with Crippen molar-refractivity contribution in [3.05, 3.63) is 231 Å². The monoisotopic (exact) mass is 1630 g/mol. The van der Waals surface area contributed by atoms with Gasteiger partial charge in [0.05, 0.1) is 51.1 Å². The summed E-state index contributed by atoms with van der Waals surface area (Å²) in [7, 11) is -9.08. The van der Waals surface area contributed by atoms with Gasteiger partial charge in [-0.1, -0.05) is 102 Å². The Morgan fingerprint density at radius 3 is 1.22 bits per heavy atom. The number of amides is 9. The van der Waals surface area contributed by atoms with Crippen LogP contribution >= 0.6 is 44.9 Å². The number of hydrogen-bond acceptors (Lipinski definition) is 10. The topological polar surface area (TPSA) is 245 Å². The number of anilines is 6. The fourth-order valence-electron chi connectivity index (χ4n) is 13.0. The second-order valence-corrected chi connectivity index (χ2v) is 36.7. The maximum Gasteiger partial charge on any atom is 0.319 e. The average Bonchev–Trinajstić information content (AvgIpc) is 1.73. The smallest absolute Gasteiger partial charge is 0.319 e. The molecule has 3 fully saturated rings. The van der Waals surface area contributed by atoms with Gasteiger partial charge in [0.1, 0.15) is 60.7 Å². The molecule has 9 amide bonds. The molecule has 582 valence electrons. The fourth-order valence-corrected chi connectivity index (χ4v) is 17.7. The molecule has 0 aromatic heterocycles. The van der Waals surface area contributed by atoms with Crippen LogP contribution in [0.4, 0.5) is 83.6 Å². The fraction of sp³-hybridized carbons (Fsp3) is 0.241. The number of aryl methyl sites for hydroxylation is 3. The lowest BCUT2D eigenvalue weighted by Crippen LogP contribution is -2.43. The third kappa shape index (κ3) is 18.9. The van der Waals surface area contributed by atoms with Gasteiger partial charge in [0, 0.05) is 53.6 Å². The molecule has 6 N–H and O–H groups in total. The summed E-state index contributed by atoms with van der Waals surface area (Å²) in [4.78, 5) is 79.5. The van der Waals surface area contributed by atoms with Gasteiger partial charge in [-0.05, 0) is 186 Å². The first kappa shape index (κ1) is 83.3. The molecule has 0 bridgehead atoms. The van der Waals surface area contributed by atoms with Crippen molar-refractivity contribution < 1.29 is 82.1 Å². The van der Waals surface area contributed by atoms with Gasteiger partial charge in [-0.15, -0.1) is 0 Å². The molecule has 19 nitrogen and oxygen atoms in total. The zero-order valence-electron chi connectivity index (χ0n) is 61.2. The zero-order chi connectivity index (χ0) is 80.9. The minimum atomic E-state index is -3.30. The highest BCUT2D eigenvalue weighted by molar-refractivity contribution is 7.70. The normalized spacial score (nSPS) is 16.1. The van der Waals surface area contributed by atoms with Crippen LogP contribution < -0.4 is 62.5 Å². The molecule has 0 saturated carbocycles. The van der Waals surface area contributed by atoms with E-state index in [1.165, 1.54) is 122 Å². The molecule has 9 aromatic carbocycles. The van der Waals surface area contributed by atoms with Crippen LogP contribution in [0.3, 0.4) is 0 Å². The summed E-state index contributed by atoms with van der Waals surface area (Å²) >= 11 is 12.7. The Hall–Kier alpha value is -10.1. The van der Waals surface area contributed by atoms with E-state index in [0.29, 0.717) is 27.6 Å². The molecule has 12 rings (SSSR count). The number of benzene rings is 9. The predicted octanol–water partition coefficient (Wildman–Crippen LogP) is 17.3. The van der Waals surface area contributed by atoms with Crippen molar-refractivity contribution in [3.8, 4) is 33.4 Å². The highest BCUT2D eigenvalue weighted by atomic mass is 35.5. The quantitative estimate of drug-likeness (QED) is 0.0372. The summed E-state index contributed by atoms with van der Waals surface area (Å²) in [6.45, 7) is 14.8. The second kappa shape index (κ2) is 34.6. The summed E-state index contributed by atoms with van der Waals surface area (Å²) in [6, 6.07) is 33.5. The first-order valence-electron chi connectivity index (χ1n) is 34.6. The Balaban J connectivity index is 0.000000177. The SMILES string of the molecule is CCOP(C)(=O)c1ccccc1-c1ccc(N2CC[C@@H](NC(=O)Nc3ccc(C)cc3F)C2=O)c(F)c1F.Cc1ccc(NC(=O)N[C@@H]2CCN(c3ccc(-c4cccc(F)c4P(C)(C)=O)c(Cl)c3F)C2=O)c(F)c1.Cc1ccc(NC(=O)N[C@@H]2CCN(c3ccc(-c4ccccc4P(C)(C)=O)c(F)c3Cl)C2=O)c(F)c1. The largest absolute Gasteiger partial charge is 0.326 e. The number of urea groups is 3. The van der Waals surface area contributed by atoms with Gasteiger partial charge in [0.25, 0.3) is 0 Å². The lowest BCUT2D eigenvalue weighted by molar-refractivity contribution is -0.119. The first-order valence-corrected chi connectivity index (χ1v) is 42.6. The lowest BCUT2D eigenvalue weighted by Gasteiger charge is -2.21. The molecule has 3 aliphatic rings. The molecule has 1 unspecified atom stereocenters. The Morgan fingerprint density at radius 1 is 0.414 bits per heavy atom. The standard InChI is InChI=1S/C27H27F3N3O4P.C26H24ClF3N3O3P.C26H25ClF2N3O3P/c1-4-37-38(3,36)23-8-6-5-7-17(23)18-10-12-22(25(30)24(18)29)33-14-13-21(26(33)34)32-27(35)31-20-11-9-16(2)15-19(20)28;1-14-7-9-19(18(29)13-14)31-26(35)32-20-11-12-33(25(20)34)21-10-8-15(22(27)23(21)30)16-5-4-6-17(28)24(16)37(2,3)36;1-15-8-10-19(18(28)14-15)30-26(34)31-20-12-13-32(25(20)33)21-11-9-17(24(29)23(21)27)16-6-4-5-7-22(16)36(2,3)35/h5-12,15,21H,4,13-14H2,1-3H3,(H2,31,32,35);4-10,13,20H,11-12H2,1-3H3,(H2,31,32,35);4-11,14,20H,12-13H2,1-3H3,(H2,30,31,34)/t21-,38?;2*20-/m111/s1. The number of halogens is 10. The van der Waals surface area contributed by atoms with Crippen molar-refractivity contribution in [2.24, 2.45) is 0 Å². The molecule has 0 radical (unpaired) electrons. The van der Waals surface area contributed by atoms with Gasteiger partial charge in [-0.25, -0.2) is 49.5 Å². The van der Waals surface area contributed by atoms with Crippen LogP contribution in [0.5, 0.6) is 0 Å². The van der Waals surface area contributed by atoms with Crippen LogP contribution in [0.25, 0.3) is 33.4 Å². The van der Waals surface area contributed by atoms with Crippen molar-refractivity contribution in [2.75, 3.05) is 90.2 Å². The number of carbonyl (C=O) groups excluding carboxylic acids is 6. The van der Waals surface area contributed by atoms with Crippen LogP contribution in [0.1, 0.15) is 42.9 Å². The average molecular weight is 1630 g/mol. The maximum absolute atomic E-state index is 15.4. The molecule has 0 spiro atoms. The Morgan fingerprint density at radius 2 is 0.793 bits per heavy atom. The van der Waals surface area contributed by atoms with Crippen molar-refractivity contribution in [1.29, 1.82) is 0 Å². The number of rotatable bonds is 17. The maximum atomic E-state index is 15.4. The summed E-state index contributed by atoms with van der Waals surface area (Å²) in [6.07, 6.45) is 0.589. The van der Waals surface area contributed by atoms with E-state index in [0.717, 1.165) is 9.80 Å². The van der Waals surface area contributed by atoms with Crippen LogP contribution in [-0.4, -0.2) is 114 Å². The van der Waals surface area contributed by atoms with Gasteiger partial charge in [-0.2, -0.15) is 0 Å². The van der Waals surface area contributed by atoms with E-state index < -0.39 is 122 Å². The minimum absolute atomic E-state index is 0.00917. The van der Waals surface area contributed by atoms with Gasteiger partial charge in [0.15, 0.2) is 23.3 Å². The number of nitrogens with one attached hydrogen (secondary N) is 6. The van der Waals surface area contributed by atoms with Crippen LogP contribution in [0.2, 0.25) is 10.0 Å². The molecule has 0 aliphatic carbocycles. The van der Waals surface area contributed by atoms with E-state index in [9.17, 15) is 60.0 Å². The van der Waals surface area contributed by atoms with Crippen molar-refractivity contribution in [1.82, 2.24) is 16.0 Å².